The van der Waals surface area contributed by atoms with Crippen LogP contribution in [0, 0.1) is 5.92 Å². The fourth-order valence-corrected chi connectivity index (χ4v) is 4.86. The second-order valence-electron chi connectivity index (χ2n) is 6.11. The van der Waals surface area contributed by atoms with E-state index in [1.54, 1.807) is 24.3 Å². The van der Waals surface area contributed by atoms with Crippen molar-refractivity contribution in [2.45, 2.75) is 38.5 Å². The normalized spacial score (nSPS) is 21.7. The van der Waals surface area contributed by atoms with Crippen LogP contribution in [0.5, 0.6) is 0 Å². The molecule has 1 aromatic rings. The van der Waals surface area contributed by atoms with Gasteiger partial charge in [0.05, 0.1) is 11.4 Å². The fraction of sp³-hybridized carbons (Fsp3) is 0.562. The quantitative estimate of drug-likeness (QED) is 0.930. The van der Waals surface area contributed by atoms with E-state index in [9.17, 15) is 13.2 Å². The van der Waals surface area contributed by atoms with Crippen LogP contribution in [0.3, 0.4) is 0 Å². The summed E-state index contributed by atoms with van der Waals surface area (Å²) in [6.07, 6.45) is 5.81. The molecule has 1 amide bonds. The van der Waals surface area contributed by atoms with Crippen LogP contribution in [0.2, 0.25) is 0 Å². The van der Waals surface area contributed by atoms with Gasteiger partial charge < -0.3 is 5.32 Å². The maximum absolute atomic E-state index is 12.1. The Kier molecular flexibility index (Phi) is 4.38. The highest BCUT2D eigenvalue weighted by atomic mass is 32.2. The highest BCUT2D eigenvalue weighted by Crippen LogP contribution is 2.27. The molecule has 120 valence electrons. The lowest BCUT2D eigenvalue weighted by molar-refractivity contribution is -0.119. The molecule has 1 N–H and O–H groups in total. The molecule has 1 aliphatic heterocycles. The van der Waals surface area contributed by atoms with Crippen molar-refractivity contribution < 1.29 is 13.2 Å². The number of anilines is 2. The van der Waals surface area contributed by atoms with Gasteiger partial charge in [-0.1, -0.05) is 12.8 Å². The van der Waals surface area contributed by atoms with Crippen molar-refractivity contribution in [3.05, 3.63) is 24.3 Å². The van der Waals surface area contributed by atoms with Gasteiger partial charge in [-0.15, -0.1) is 0 Å². The van der Waals surface area contributed by atoms with E-state index < -0.39 is 10.0 Å². The molecule has 1 aromatic carbocycles. The maximum Gasteiger partial charge on any atom is 0.235 e. The van der Waals surface area contributed by atoms with Gasteiger partial charge in [0.1, 0.15) is 0 Å². The van der Waals surface area contributed by atoms with E-state index in [0.717, 1.165) is 44.2 Å². The summed E-state index contributed by atoms with van der Waals surface area (Å²) in [6, 6.07) is 7.11. The van der Waals surface area contributed by atoms with E-state index in [-0.39, 0.29) is 17.6 Å². The summed E-state index contributed by atoms with van der Waals surface area (Å²) in [5.74, 6) is 0.422. The van der Waals surface area contributed by atoms with Crippen molar-refractivity contribution in [1.29, 1.82) is 0 Å². The molecular weight excluding hydrogens is 300 g/mol. The number of carbonyl (C=O) groups is 1. The lowest BCUT2D eigenvalue weighted by atomic mass is 10.1. The highest BCUT2D eigenvalue weighted by molar-refractivity contribution is 7.92. The SMILES string of the molecule is O=C(Nc1ccc(N2CCCCS2(=O)=O)cc1)C1CCCC1. The number of carbonyl (C=O) groups excluding carboxylic acids is 1. The number of rotatable bonds is 3. The first-order chi connectivity index (χ1) is 10.6. The molecular formula is C16H22N2O3S. The molecule has 0 radical (unpaired) electrons. The summed E-state index contributed by atoms with van der Waals surface area (Å²) in [5, 5.41) is 2.93. The van der Waals surface area contributed by atoms with Crippen LogP contribution in [-0.4, -0.2) is 26.6 Å². The molecule has 1 saturated carbocycles. The molecule has 1 heterocycles. The summed E-state index contributed by atoms with van der Waals surface area (Å²) >= 11 is 0. The van der Waals surface area contributed by atoms with Crippen LogP contribution >= 0.6 is 0 Å². The average Bonchev–Trinajstić information content (AvgIpc) is 3.02. The van der Waals surface area contributed by atoms with Gasteiger partial charge in [0, 0.05) is 18.2 Å². The van der Waals surface area contributed by atoms with Crippen molar-refractivity contribution in [3.63, 3.8) is 0 Å². The van der Waals surface area contributed by atoms with Crippen LogP contribution in [0.1, 0.15) is 38.5 Å². The molecule has 0 aromatic heterocycles. The zero-order chi connectivity index (χ0) is 15.6. The number of hydrogen-bond donors (Lipinski definition) is 1. The van der Waals surface area contributed by atoms with Crippen LogP contribution in [0.15, 0.2) is 24.3 Å². The van der Waals surface area contributed by atoms with Gasteiger partial charge in [-0.3, -0.25) is 9.10 Å². The van der Waals surface area contributed by atoms with Crippen LogP contribution in [0.25, 0.3) is 0 Å². The lowest BCUT2D eigenvalue weighted by Gasteiger charge is -2.28. The first-order valence-electron chi connectivity index (χ1n) is 7.98. The molecule has 0 bridgehead atoms. The summed E-state index contributed by atoms with van der Waals surface area (Å²) in [6.45, 7) is 0.538. The molecule has 0 spiro atoms. The van der Waals surface area contributed by atoms with Crippen LogP contribution < -0.4 is 9.62 Å². The van der Waals surface area contributed by atoms with Crippen molar-refractivity contribution in [1.82, 2.24) is 0 Å². The topological polar surface area (TPSA) is 66.5 Å². The van der Waals surface area contributed by atoms with Gasteiger partial charge in [0.15, 0.2) is 0 Å². The number of amides is 1. The zero-order valence-corrected chi connectivity index (χ0v) is 13.4. The molecule has 6 heteroatoms. The Morgan fingerprint density at radius 3 is 2.36 bits per heavy atom. The minimum atomic E-state index is -3.18. The summed E-state index contributed by atoms with van der Waals surface area (Å²) < 4.78 is 25.6. The Labute approximate surface area is 131 Å². The Morgan fingerprint density at radius 2 is 1.73 bits per heavy atom. The minimum absolute atomic E-state index is 0.0795. The molecule has 3 rings (SSSR count). The molecule has 1 saturated heterocycles. The Bertz CT molecular complexity index is 634. The second kappa shape index (κ2) is 6.28. The summed E-state index contributed by atoms with van der Waals surface area (Å²) in [4.78, 5) is 12.1. The van der Waals surface area contributed by atoms with E-state index in [0.29, 0.717) is 12.2 Å². The third kappa shape index (κ3) is 3.27. The number of nitrogens with one attached hydrogen (secondary N) is 1. The maximum atomic E-state index is 12.1. The number of nitrogens with zero attached hydrogens (tertiary/aromatic N) is 1. The standard InChI is InChI=1S/C16H22N2O3S/c19-16(13-5-1-2-6-13)17-14-7-9-15(10-8-14)18-11-3-4-12-22(18,20)21/h7-10,13H,1-6,11-12H2,(H,17,19). The monoisotopic (exact) mass is 322 g/mol. The molecule has 5 nitrogen and oxygen atoms in total. The van der Waals surface area contributed by atoms with Crippen molar-refractivity contribution in [2.24, 2.45) is 5.92 Å². The highest BCUT2D eigenvalue weighted by Gasteiger charge is 2.26. The van der Waals surface area contributed by atoms with E-state index in [4.69, 9.17) is 0 Å². The summed E-state index contributed by atoms with van der Waals surface area (Å²) in [5.41, 5.74) is 1.41. The third-order valence-corrected chi connectivity index (χ3v) is 6.37. The number of hydrogen-bond acceptors (Lipinski definition) is 3. The molecule has 1 aliphatic carbocycles. The van der Waals surface area contributed by atoms with E-state index >= 15 is 0 Å². The first-order valence-corrected chi connectivity index (χ1v) is 9.58. The third-order valence-electron chi connectivity index (χ3n) is 4.50. The lowest BCUT2D eigenvalue weighted by Crippen LogP contribution is -2.37. The fourth-order valence-electron chi connectivity index (χ4n) is 3.22. The molecule has 2 aliphatic rings. The number of sulfonamides is 1. The van der Waals surface area contributed by atoms with Crippen LogP contribution in [-0.2, 0) is 14.8 Å². The van der Waals surface area contributed by atoms with E-state index in [1.807, 2.05) is 0 Å². The molecule has 0 unspecified atom stereocenters. The Balaban J connectivity index is 1.68. The average molecular weight is 322 g/mol. The van der Waals surface area contributed by atoms with E-state index in [1.165, 1.54) is 4.31 Å². The zero-order valence-electron chi connectivity index (χ0n) is 12.6. The molecule has 0 atom stereocenters. The Morgan fingerprint density at radius 1 is 1.05 bits per heavy atom. The van der Waals surface area contributed by atoms with Gasteiger partial charge in [-0.25, -0.2) is 8.42 Å². The van der Waals surface area contributed by atoms with Gasteiger partial charge >= 0.3 is 0 Å². The second-order valence-corrected chi connectivity index (χ2v) is 8.13. The molecule has 2 fully saturated rings. The largest absolute Gasteiger partial charge is 0.326 e. The van der Waals surface area contributed by atoms with Crippen molar-refractivity contribution in [2.75, 3.05) is 21.9 Å². The Hall–Kier alpha value is -1.56. The van der Waals surface area contributed by atoms with E-state index in [2.05, 4.69) is 5.32 Å². The van der Waals surface area contributed by atoms with Gasteiger partial charge in [-0.05, 0) is 49.9 Å². The minimum Gasteiger partial charge on any atom is -0.326 e. The predicted molar refractivity (Wildman–Crippen MR) is 87.4 cm³/mol. The molecule has 22 heavy (non-hydrogen) atoms. The first kappa shape index (κ1) is 15.3. The van der Waals surface area contributed by atoms with Crippen LogP contribution in [0.4, 0.5) is 11.4 Å². The van der Waals surface area contributed by atoms with Gasteiger partial charge in [0.2, 0.25) is 15.9 Å². The smallest absolute Gasteiger partial charge is 0.235 e. The number of benzene rings is 1. The van der Waals surface area contributed by atoms with Crippen molar-refractivity contribution >= 4 is 27.3 Å². The summed E-state index contributed by atoms with van der Waals surface area (Å²) in [7, 11) is -3.18. The van der Waals surface area contributed by atoms with Gasteiger partial charge in [0.25, 0.3) is 0 Å². The predicted octanol–water partition coefficient (Wildman–Crippen LogP) is 2.75. The van der Waals surface area contributed by atoms with Crippen molar-refractivity contribution in [3.8, 4) is 0 Å². The van der Waals surface area contributed by atoms with Gasteiger partial charge in [-0.2, -0.15) is 0 Å².